The zero-order valence-electron chi connectivity index (χ0n) is 11.7. The maximum atomic E-state index is 12.4. The predicted octanol–water partition coefficient (Wildman–Crippen LogP) is 2.91. The summed E-state index contributed by atoms with van der Waals surface area (Å²) in [4.78, 5) is 11.5. The van der Waals surface area contributed by atoms with Gasteiger partial charge in [-0.3, -0.25) is 4.79 Å². The van der Waals surface area contributed by atoms with Crippen LogP contribution in [0.1, 0.15) is 30.9 Å². The molecule has 3 N–H and O–H groups in total. The zero-order chi connectivity index (χ0) is 15.2. The molecule has 1 unspecified atom stereocenters. The molecule has 0 heterocycles. The average Bonchev–Trinajstić information content (AvgIpc) is 2.35. The predicted molar refractivity (Wildman–Crippen MR) is 78.3 cm³/mol. The van der Waals surface area contributed by atoms with Crippen LogP contribution in [0.25, 0.3) is 0 Å². The summed E-state index contributed by atoms with van der Waals surface area (Å²) in [6, 6.07) is 4.85. The lowest BCUT2D eigenvalue weighted by molar-refractivity contribution is -0.137. The van der Waals surface area contributed by atoms with Crippen LogP contribution in [0.2, 0.25) is 0 Å². The number of carbonyl (C=O) groups is 1. The lowest BCUT2D eigenvalue weighted by Crippen LogP contribution is -2.34. The third-order valence-electron chi connectivity index (χ3n) is 2.84. The molecule has 1 aromatic carbocycles. The van der Waals surface area contributed by atoms with Gasteiger partial charge in [0.1, 0.15) is 0 Å². The molecule has 120 valence electrons. The Hall–Kier alpha value is -1.27. The van der Waals surface area contributed by atoms with Crippen molar-refractivity contribution >= 4 is 18.3 Å². The fraction of sp³-hybridized carbons (Fsp3) is 0.500. The minimum atomic E-state index is -4.32. The highest BCUT2D eigenvalue weighted by Gasteiger charge is 2.29. The van der Waals surface area contributed by atoms with E-state index in [2.05, 4.69) is 5.32 Å². The van der Waals surface area contributed by atoms with Crippen molar-refractivity contribution in [2.24, 2.45) is 5.73 Å². The quantitative estimate of drug-likeness (QED) is 0.845. The number of nitrogens with one attached hydrogen (secondary N) is 1. The van der Waals surface area contributed by atoms with Crippen LogP contribution in [-0.2, 0) is 17.4 Å². The van der Waals surface area contributed by atoms with Crippen LogP contribution in [0.15, 0.2) is 24.3 Å². The van der Waals surface area contributed by atoms with Crippen LogP contribution in [0.3, 0.4) is 0 Å². The van der Waals surface area contributed by atoms with E-state index >= 15 is 0 Å². The van der Waals surface area contributed by atoms with E-state index in [1.807, 2.05) is 6.92 Å². The van der Waals surface area contributed by atoms with E-state index in [0.717, 1.165) is 17.7 Å². The first kappa shape index (κ1) is 19.7. The standard InChI is InChI=1S/C14H19F3N2O.ClH/c1-10(19-13(20)3-2-8-18)9-11-4-6-12(7-5-11)14(15,16)17;/h4-7,10H,2-3,8-9,18H2,1H3,(H,19,20);1H. The van der Waals surface area contributed by atoms with E-state index in [-0.39, 0.29) is 24.4 Å². The van der Waals surface area contributed by atoms with Crippen LogP contribution >= 0.6 is 12.4 Å². The van der Waals surface area contributed by atoms with Gasteiger partial charge in [0.05, 0.1) is 5.56 Å². The van der Waals surface area contributed by atoms with Crippen molar-refractivity contribution < 1.29 is 18.0 Å². The molecule has 1 rings (SSSR count). The summed E-state index contributed by atoms with van der Waals surface area (Å²) >= 11 is 0. The van der Waals surface area contributed by atoms with E-state index in [1.165, 1.54) is 12.1 Å². The molecule has 1 atom stereocenters. The van der Waals surface area contributed by atoms with E-state index in [1.54, 1.807) is 0 Å². The second-order valence-corrected chi connectivity index (χ2v) is 4.76. The van der Waals surface area contributed by atoms with Gasteiger partial charge in [-0.25, -0.2) is 0 Å². The van der Waals surface area contributed by atoms with Gasteiger partial charge in [0.25, 0.3) is 0 Å². The molecule has 0 aliphatic heterocycles. The topological polar surface area (TPSA) is 55.1 Å². The van der Waals surface area contributed by atoms with Gasteiger partial charge in [-0.2, -0.15) is 13.2 Å². The van der Waals surface area contributed by atoms with Gasteiger partial charge in [0, 0.05) is 12.5 Å². The maximum absolute atomic E-state index is 12.4. The number of carbonyl (C=O) groups excluding carboxylic acids is 1. The third kappa shape index (κ3) is 7.34. The summed E-state index contributed by atoms with van der Waals surface area (Å²) in [5.41, 5.74) is 5.40. The fourth-order valence-corrected chi connectivity index (χ4v) is 1.84. The number of hydrogen-bond donors (Lipinski definition) is 2. The van der Waals surface area contributed by atoms with Crippen molar-refractivity contribution in [3.05, 3.63) is 35.4 Å². The molecule has 0 bridgehead atoms. The summed E-state index contributed by atoms with van der Waals surface area (Å²) in [5, 5.41) is 2.79. The Morgan fingerprint density at radius 3 is 2.33 bits per heavy atom. The summed E-state index contributed by atoms with van der Waals surface area (Å²) in [6.07, 6.45) is -2.83. The number of hydrogen-bond acceptors (Lipinski definition) is 2. The Bertz CT molecular complexity index is 435. The van der Waals surface area contributed by atoms with Gasteiger partial charge >= 0.3 is 6.18 Å². The molecule has 0 fully saturated rings. The van der Waals surface area contributed by atoms with E-state index in [4.69, 9.17) is 5.73 Å². The van der Waals surface area contributed by atoms with E-state index in [0.29, 0.717) is 25.8 Å². The number of halogens is 4. The van der Waals surface area contributed by atoms with Gasteiger partial charge in [-0.1, -0.05) is 12.1 Å². The van der Waals surface area contributed by atoms with Crippen LogP contribution in [-0.4, -0.2) is 18.5 Å². The van der Waals surface area contributed by atoms with Crippen molar-refractivity contribution in [2.75, 3.05) is 6.54 Å². The zero-order valence-corrected chi connectivity index (χ0v) is 12.6. The largest absolute Gasteiger partial charge is 0.416 e. The molecule has 21 heavy (non-hydrogen) atoms. The van der Waals surface area contributed by atoms with Crippen LogP contribution < -0.4 is 11.1 Å². The molecule has 0 aromatic heterocycles. The minimum Gasteiger partial charge on any atom is -0.353 e. The van der Waals surface area contributed by atoms with Crippen molar-refractivity contribution in [2.45, 2.75) is 38.4 Å². The van der Waals surface area contributed by atoms with Gasteiger partial charge in [-0.15, -0.1) is 12.4 Å². The Kier molecular flexibility index (Phi) is 8.36. The van der Waals surface area contributed by atoms with Crippen molar-refractivity contribution in [3.63, 3.8) is 0 Å². The van der Waals surface area contributed by atoms with Crippen LogP contribution in [0, 0.1) is 0 Å². The molecule has 1 aromatic rings. The highest BCUT2D eigenvalue weighted by molar-refractivity contribution is 5.85. The molecule has 7 heteroatoms. The molecule has 0 saturated heterocycles. The van der Waals surface area contributed by atoms with E-state index < -0.39 is 11.7 Å². The van der Waals surface area contributed by atoms with E-state index in [9.17, 15) is 18.0 Å². The van der Waals surface area contributed by atoms with Crippen LogP contribution in [0.4, 0.5) is 13.2 Å². The lowest BCUT2D eigenvalue weighted by Gasteiger charge is -2.14. The second kappa shape index (κ2) is 8.89. The van der Waals surface area contributed by atoms with Crippen molar-refractivity contribution in [3.8, 4) is 0 Å². The van der Waals surface area contributed by atoms with Gasteiger partial charge in [0.2, 0.25) is 5.91 Å². The molecule has 0 aliphatic carbocycles. The molecule has 1 amide bonds. The maximum Gasteiger partial charge on any atom is 0.416 e. The normalized spacial score (nSPS) is 12.4. The Balaban J connectivity index is 0.00000400. The monoisotopic (exact) mass is 324 g/mol. The highest BCUT2D eigenvalue weighted by Crippen LogP contribution is 2.29. The Labute approximate surface area is 128 Å². The number of rotatable bonds is 6. The first-order valence-electron chi connectivity index (χ1n) is 6.48. The SMILES string of the molecule is CC(Cc1ccc(C(F)(F)F)cc1)NC(=O)CCCN.Cl. The molecule has 0 radical (unpaired) electrons. The lowest BCUT2D eigenvalue weighted by atomic mass is 10.0. The van der Waals surface area contributed by atoms with Crippen LogP contribution in [0.5, 0.6) is 0 Å². The first-order chi connectivity index (χ1) is 9.32. The number of alkyl halides is 3. The number of benzene rings is 1. The number of amides is 1. The van der Waals surface area contributed by atoms with Gasteiger partial charge < -0.3 is 11.1 Å². The second-order valence-electron chi connectivity index (χ2n) is 4.76. The highest BCUT2D eigenvalue weighted by atomic mass is 35.5. The minimum absolute atomic E-state index is 0. The molecule has 0 spiro atoms. The smallest absolute Gasteiger partial charge is 0.353 e. The molecular formula is C14H20ClF3N2O. The summed E-state index contributed by atoms with van der Waals surface area (Å²) in [6.45, 7) is 2.28. The average molecular weight is 325 g/mol. The summed E-state index contributed by atoms with van der Waals surface area (Å²) in [5.74, 6) is -0.0881. The summed E-state index contributed by atoms with van der Waals surface area (Å²) in [7, 11) is 0. The van der Waals surface area contributed by atoms with Crippen molar-refractivity contribution in [1.82, 2.24) is 5.32 Å². The molecular weight excluding hydrogens is 305 g/mol. The van der Waals surface area contributed by atoms with Crippen molar-refractivity contribution in [1.29, 1.82) is 0 Å². The third-order valence-corrected chi connectivity index (χ3v) is 2.84. The van der Waals surface area contributed by atoms with Gasteiger partial charge in [0.15, 0.2) is 0 Å². The van der Waals surface area contributed by atoms with Gasteiger partial charge in [-0.05, 0) is 44.0 Å². The summed E-state index contributed by atoms with van der Waals surface area (Å²) < 4.78 is 37.2. The molecule has 3 nitrogen and oxygen atoms in total. The first-order valence-corrected chi connectivity index (χ1v) is 6.48. The number of nitrogens with two attached hydrogens (primary N) is 1. The Morgan fingerprint density at radius 2 is 1.86 bits per heavy atom. The Morgan fingerprint density at radius 1 is 1.29 bits per heavy atom. The molecule has 0 aliphatic rings. The fourth-order valence-electron chi connectivity index (χ4n) is 1.84. The molecule has 0 saturated carbocycles.